The number of nitrogens with one attached hydrogen (secondary N) is 1. The molecule has 94 valence electrons. The third kappa shape index (κ3) is 3.40. The topological polar surface area (TPSA) is 41.0 Å². The summed E-state index contributed by atoms with van der Waals surface area (Å²) in [6.45, 7) is 6.59. The van der Waals surface area contributed by atoms with Crippen LogP contribution in [0.5, 0.6) is 0 Å². The van der Waals surface area contributed by atoms with Gasteiger partial charge in [0.1, 0.15) is 0 Å². The van der Waals surface area contributed by atoms with Gasteiger partial charge in [0, 0.05) is 37.6 Å². The molecule has 2 heterocycles. The molecular weight excluding hydrogens is 212 g/mol. The van der Waals surface area contributed by atoms with Crippen molar-refractivity contribution in [1.82, 2.24) is 15.3 Å². The maximum atomic E-state index is 4.30. The molecule has 0 saturated carbocycles. The molecule has 0 amide bonds. The Kier molecular flexibility index (Phi) is 4.31. The molecule has 1 aliphatic heterocycles. The molecule has 1 aromatic rings. The molecule has 1 saturated heterocycles. The normalized spacial score (nSPS) is 19.3. The fourth-order valence-electron chi connectivity index (χ4n) is 2.22. The zero-order valence-corrected chi connectivity index (χ0v) is 10.8. The van der Waals surface area contributed by atoms with Gasteiger partial charge in [0.2, 0.25) is 5.95 Å². The average molecular weight is 234 g/mol. The third-order valence-electron chi connectivity index (χ3n) is 3.46. The van der Waals surface area contributed by atoms with Crippen LogP contribution in [-0.4, -0.2) is 35.1 Å². The first-order valence-corrected chi connectivity index (χ1v) is 6.57. The largest absolute Gasteiger partial charge is 0.341 e. The summed E-state index contributed by atoms with van der Waals surface area (Å²) < 4.78 is 0. The van der Waals surface area contributed by atoms with Crippen molar-refractivity contribution in [3.63, 3.8) is 0 Å². The quantitative estimate of drug-likeness (QED) is 0.863. The molecule has 1 fully saturated rings. The lowest BCUT2D eigenvalue weighted by Gasteiger charge is -2.33. The molecule has 17 heavy (non-hydrogen) atoms. The number of nitrogens with zero attached hydrogens (tertiary/aromatic N) is 3. The van der Waals surface area contributed by atoms with Gasteiger partial charge in [0.15, 0.2) is 0 Å². The second-order valence-electron chi connectivity index (χ2n) is 4.79. The van der Waals surface area contributed by atoms with Crippen LogP contribution in [0, 0.1) is 0 Å². The number of anilines is 1. The summed E-state index contributed by atoms with van der Waals surface area (Å²) in [4.78, 5) is 10.9. The molecule has 4 nitrogen and oxygen atoms in total. The summed E-state index contributed by atoms with van der Waals surface area (Å²) in [6.07, 6.45) is 7.19. The van der Waals surface area contributed by atoms with Gasteiger partial charge in [-0.15, -0.1) is 0 Å². The number of hydrogen-bond acceptors (Lipinski definition) is 4. The fraction of sp³-hybridized carbons (Fsp3) is 0.692. The van der Waals surface area contributed by atoms with E-state index >= 15 is 0 Å². The first kappa shape index (κ1) is 12.3. The van der Waals surface area contributed by atoms with E-state index in [-0.39, 0.29) is 0 Å². The highest BCUT2D eigenvalue weighted by Crippen LogP contribution is 2.15. The Balaban J connectivity index is 1.82. The Morgan fingerprint density at radius 1 is 1.35 bits per heavy atom. The summed E-state index contributed by atoms with van der Waals surface area (Å²) >= 11 is 0. The van der Waals surface area contributed by atoms with E-state index < -0.39 is 0 Å². The van der Waals surface area contributed by atoms with E-state index in [1.165, 1.54) is 19.3 Å². The van der Waals surface area contributed by atoms with Crippen LogP contribution in [-0.2, 0) is 0 Å². The van der Waals surface area contributed by atoms with Gasteiger partial charge >= 0.3 is 0 Å². The molecule has 0 bridgehead atoms. The summed E-state index contributed by atoms with van der Waals surface area (Å²) in [5.74, 6) is 0.870. The van der Waals surface area contributed by atoms with Crippen molar-refractivity contribution in [2.75, 3.05) is 18.0 Å². The summed E-state index contributed by atoms with van der Waals surface area (Å²) in [5.41, 5.74) is 0. The van der Waals surface area contributed by atoms with E-state index in [0.717, 1.165) is 19.0 Å². The van der Waals surface area contributed by atoms with Crippen LogP contribution in [0.4, 0.5) is 5.95 Å². The van der Waals surface area contributed by atoms with E-state index in [9.17, 15) is 0 Å². The molecule has 1 N–H and O–H groups in total. The Morgan fingerprint density at radius 2 is 2.00 bits per heavy atom. The van der Waals surface area contributed by atoms with Crippen molar-refractivity contribution in [1.29, 1.82) is 0 Å². The van der Waals surface area contributed by atoms with Gasteiger partial charge in [-0.25, -0.2) is 9.97 Å². The summed E-state index contributed by atoms with van der Waals surface area (Å²) in [5, 5.41) is 3.67. The van der Waals surface area contributed by atoms with Gasteiger partial charge < -0.3 is 10.2 Å². The summed E-state index contributed by atoms with van der Waals surface area (Å²) in [7, 11) is 0. The van der Waals surface area contributed by atoms with Crippen molar-refractivity contribution >= 4 is 5.95 Å². The lowest BCUT2D eigenvalue weighted by Crippen LogP contribution is -2.45. The highest BCUT2D eigenvalue weighted by atomic mass is 15.3. The molecule has 1 unspecified atom stereocenters. The first-order chi connectivity index (χ1) is 8.29. The average Bonchev–Trinajstić information content (AvgIpc) is 2.40. The molecule has 1 aliphatic rings. The van der Waals surface area contributed by atoms with Crippen LogP contribution in [0.1, 0.15) is 33.1 Å². The standard InChI is InChI=1S/C13H22N4/c1-3-11(2)16-12-5-9-17(10-6-12)13-14-7-4-8-15-13/h4,7-8,11-12,16H,3,5-6,9-10H2,1-2H3. The third-order valence-corrected chi connectivity index (χ3v) is 3.46. The van der Waals surface area contributed by atoms with Gasteiger partial charge in [-0.3, -0.25) is 0 Å². The van der Waals surface area contributed by atoms with Gasteiger partial charge in [0.25, 0.3) is 0 Å². The zero-order valence-electron chi connectivity index (χ0n) is 10.8. The summed E-state index contributed by atoms with van der Waals surface area (Å²) in [6, 6.07) is 3.14. The fourth-order valence-corrected chi connectivity index (χ4v) is 2.22. The smallest absolute Gasteiger partial charge is 0.225 e. The number of rotatable bonds is 4. The highest BCUT2D eigenvalue weighted by Gasteiger charge is 2.21. The second kappa shape index (κ2) is 5.96. The molecule has 0 spiro atoms. The van der Waals surface area contributed by atoms with Gasteiger partial charge in [-0.1, -0.05) is 6.92 Å². The molecule has 2 rings (SSSR count). The van der Waals surface area contributed by atoms with Crippen molar-refractivity contribution in [3.8, 4) is 0 Å². The number of piperidine rings is 1. The Hall–Kier alpha value is -1.16. The predicted octanol–water partition coefficient (Wildman–Crippen LogP) is 1.83. The monoisotopic (exact) mass is 234 g/mol. The van der Waals surface area contributed by atoms with Crippen molar-refractivity contribution < 1.29 is 0 Å². The molecule has 1 atom stereocenters. The highest BCUT2D eigenvalue weighted by molar-refractivity contribution is 5.29. The zero-order chi connectivity index (χ0) is 12.1. The molecule has 1 aromatic heterocycles. The molecule has 0 aromatic carbocycles. The van der Waals surface area contributed by atoms with Crippen LogP contribution in [0.2, 0.25) is 0 Å². The molecular formula is C13H22N4. The van der Waals surface area contributed by atoms with E-state index in [2.05, 4.69) is 34.0 Å². The minimum Gasteiger partial charge on any atom is -0.341 e. The van der Waals surface area contributed by atoms with E-state index in [1.807, 2.05) is 18.5 Å². The molecule has 0 aliphatic carbocycles. The Labute approximate surface area is 103 Å². The Bertz CT molecular complexity index is 319. The lowest BCUT2D eigenvalue weighted by molar-refractivity contribution is 0.370. The number of hydrogen-bond donors (Lipinski definition) is 1. The van der Waals surface area contributed by atoms with E-state index in [4.69, 9.17) is 0 Å². The number of aromatic nitrogens is 2. The minimum atomic E-state index is 0.625. The van der Waals surface area contributed by atoms with Crippen LogP contribution in [0.25, 0.3) is 0 Å². The SMILES string of the molecule is CCC(C)NC1CCN(c2ncccn2)CC1. The maximum absolute atomic E-state index is 4.30. The second-order valence-corrected chi connectivity index (χ2v) is 4.79. The van der Waals surface area contributed by atoms with Gasteiger partial charge in [0.05, 0.1) is 0 Å². The van der Waals surface area contributed by atoms with Crippen molar-refractivity contribution in [2.45, 2.75) is 45.2 Å². The van der Waals surface area contributed by atoms with Crippen molar-refractivity contribution in [3.05, 3.63) is 18.5 Å². The van der Waals surface area contributed by atoms with E-state index in [0.29, 0.717) is 12.1 Å². The van der Waals surface area contributed by atoms with Crippen LogP contribution in [0.15, 0.2) is 18.5 Å². The van der Waals surface area contributed by atoms with Gasteiger partial charge in [-0.05, 0) is 32.3 Å². The minimum absolute atomic E-state index is 0.625. The van der Waals surface area contributed by atoms with Crippen LogP contribution in [0.3, 0.4) is 0 Å². The lowest BCUT2D eigenvalue weighted by atomic mass is 10.0. The molecule has 4 heteroatoms. The predicted molar refractivity (Wildman–Crippen MR) is 70.2 cm³/mol. The Morgan fingerprint density at radius 3 is 2.59 bits per heavy atom. The van der Waals surface area contributed by atoms with Crippen LogP contribution < -0.4 is 10.2 Å². The maximum Gasteiger partial charge on any atom is 0.225 e. The molecule has 0 radical (unpaired) electrons. The van der Waals surface area contributed by atoms with E-state index in [1.54, 1.807) is 0 Å². The van der Waals surface area contributed by atoms with Crippen LogP contribution >= 0.6 is 0 Å². The van der Waals surface area contributed by atoms with Gasteiger partial charge in [-0.2, -0.15) is 0 Å². The first-order valence-electron chi connectivity index (χ1n) is 6.57. The van der Waals surface area contributed by atoms with Crippen molar-refractivity contribution in [2.24, 2.45) is 0 Å².